The second kappa shape index (κ2) is 8.28. The zero-order valence-electron chi connectivity index (χ0n) is 15.0. The monoisotopic (exact) mass is 337 g/mol. The van der Waals surface area contributed by atoms with E-state index in [-0.39, 0.29) is 5.91 Å². The van der Waals surface area contributed by atoms with E-state index in [2.05, 4.69) is 58.9 Å². The summed E-state index contributed by atoms with van der Waals surface area (Å²) in [7, 11) is 1.66. The standard InChI is InChI=1S/C21H27N3O/c1-16-13-24(14-17-7-4-3-5-8-17)15-20(16)23-12-18-9-6-10-19(11-18)21(25)22-2/h3-11,16,20,23H,12-15H2,1-2H3,(H,22,25)/t16-,20+/m1/s1. The van der Waals surface area contributed by atoms with E-state index in [0.717, 1.165) is 31.7 Å². The Morgan fingerprint density at radius 3 is 2.60 bits per heavy atom. The maximum absolute atomic E-state index is 11.8. The molecule has 0 bridgehead atoms. The van der Waals surface area contributed by atoms with Crippen LogP contribution in [0.1, 0.15) is 28.4 Å². The zero-order chi connectivity index (χ0) is 17.6. The van der Waals surface area contributed by atoms with Crippen molar-refractivity contribution in [1.82, 2.24) is 15.5 Å². The summed E-state index contributed by atoms with van der Waals surface area (Å²) in [5, 5.41) is 6.35. The van der Waals surface area contributed by atoms with Crippen molar-refractivity contribution in [1.29, 1.82) is 0 Å². The van der Waals surface area contributed by atoms with Crippen LogP contribution in [0.4, 0.5) is 0 Å². The number of carbonyl (C=O) groups excluding carboxylic acids is 1. The normalized spacial score (nSPS) is 20.6. The molecule has 0 aromatic heterocycles. The van der Waals surface area contributed by atoms with Crippen molar-refractivity contribution in [2.45, 2.75) is 26.1 Å². The molecular formula is C21H27N3O. The number of nitrogens with one attached hydrogen (secondary N) is 2. The molecule has 4 nitrogen and oxygen atoms in total. The van der Waals surface area contributed by atoms with Crippen molar-refractivity contribution in [2.24, 2.45) is 5.92 Å². The summed E-state index contributed by atoms with van der Waals surface area (Å²) >= 11 is 0. The molecule has 1 aliphatic rings. The molecule has 0 aliphatic carbocycles. The first-order valence-corrected chi connectivity index (χ1v) is 8.96. The Bertz CT molecular complexity index is 701. The Morgan fingerprint density at radius 1 is 1.08 bits per heavy atom. The molecule has 0 unspecified atom stereocenters. The fourth-order valence-corrected chi connectivity index (χ4v) is 3.52. The van der Waals surface area contributed by atoms with E-state index in [4.69, 9.17) is 0 Å². The lowest BCUT2D eigenvalue weighted by Gasteiger charge is -2.17. The minimum Gasteiger partial charge on any atom is -0.355 e. The SMILES string of the molecule is CNC(=O)c1cccc(CN[C@H]2CN(Cc3ccccc3)C[C@H]2C)c1. The molecular weight excluding hydrogens is 310 g/mol. The van der Waals surface area contributed by atoms with Crippen LogP contribution in [0.3, 0.4) is 0 Å². The van der Waals surface area contributed by atoms with E-state index in [0.29, 0.717) is 17.5 Å². The van der Waals surface area contributed by atoms with Crippen LogP contribution in [0.5, 0.6) is 0 Å². The van der Waals surface area contributed by atoms with E-state index in [9.17, 15) is 4.79 Å². The van der Waals surface area contributed by atoms with Gasteiger partial charge in [-0.15, -0.1) is 0 Å². The fourth-order valence-electron chi connectivity index (χ4n) is 3.52. The maximum atomic E-state index is 11.8. The first kappa shape index (κ1) is 17.6. The van der Waals surface area contributed by atoms with Gasteiger partial charge in [0.2, 0.25) is 0 Å². The highest BCUT2D eigenvalue weighted by molar-refractivity contribution is 5.94. The Hall–Kier alpha value is -2.17. The van der Waals surface area contributed by atoms with Crippen LogP contribution in [0.15, 0.2) is 54.6 Å². The first-order chi connectivity index (χ1) is 12.2. The van der Waals surface area contributed by atoms with Crippen molar-refractivity contribution < 1.29 is 4.79 Å². The van der Waals surface area contributed by atoms with Gasteiger partial charge in [0.15, 0.2) is 0 Å². The quantitative estimate of drug-likeness (QED) is 0.852. The highest BCUT2D eigenvalue weighted by Crippen LogP contribution is 2.19. The van der Waals surface area contributed by atoms with Crippen LogP contribution in [-0.2, 0) is 13.1 Å². The molecule has 25 heavy (non-hydrogen) atoms. The lowest BCUT2D eigenvalue weighted by molar-refractivity contribution is 0.0963. The average molecular weight is 337 g/mol. The second-order valence-corrected chi connectivity index (χ2v) is 6.92. The van der Waals surface area contributed by atoms with Crippen molar-refractivity contribution in [3.63, 3.8) is 0 Å². The van der Waals surface area contributed by atoms with Gasteiger partial charge in [-0.2, -0.15) is 0 Å². The molecule has 2 aromatic carbocycles. The smallest absolute Gasteiger partial charge is 0.251 e. The van der Waals surface area contributed by atoms with E-state index < -0.39 is 0 Å². The van der Waals surface area contributed by atoms with Gasteiger partial charge in [-0.1, -0.05) is 49.4 Å². The minimum atomic E-state index is -0.0369. The molecule has 0 radical (unpaired) electrons. The van der Waals surface area contributed by atoms with E-state index in [1.54, 1.807) is 7.05 Å². The number of hydrogen-bond acceptors (Lipinski definition) is 3. The molecule has 1 saturated heterocycles. The lowest BCUT2D eigenvalue weighted by Crippen LogP contribution is -2.35. The molecule has 132 valence electrons. The topological polar surface area (TPSA) is 44.4 Å². The summed E-state index contributed by atoms with van der Waals surface area (Å²) in [5.41, 5.74) is 3.23. The van der Waals surface area contributed by atoms with Crippen LogP contribution in [0, 0.1) is 5.92 Å². The third-order valence-corrected chi connectivity index (χ3v) is 4.92. The maximum Gasteiger partial charge on any atom is 0.251 e. The summed E-state index contributed by atoms with van der Waals surface area (Å²) in [6.45, 7) is 6.29. The number of nitrogens with zero attached hydrogens (tertiary/aromatic N) is 1. The summed E-state index contributed by atoms with van der Waals surface area (Å²) in [6.07, 6.45) is 0. The predicted molar refractivity (Wildman–Crippen MR) is 101 cm³/mol. The fraction of sp³-hybridized carbons (Fsp3) is 0.381. The van der Waals surface area contributed by atoms with Crippen LogP contribution >= 0.6 is 0 Å². The van der Waals surface area contributed by atoms with E-state index in [1.807, 2.05) is 18.2 Å². The number of hydrogen-bond donors (Lipinski definition) is 2. The van der Waals surface area contributed by atoms with Gasteiger partial charge < -0.3 is 10.6 Å². The van der Waals surface area contributed by atoms with Crippen LogP contribution in [0.25, 0.3) is 0 Å². The Balaban J connectivity index is 1.54. The molecule has 1 aliphatic heterocycles. The zero-order valence-corrected chi connectivity index (χ0v) is 15.0. The third kappa shape index (κ3) is 4.68. The highest BCUT2D eigenvalue weighted by atomic mass is 16.1. The minimum absolute atomic E-state index is 0.0369. The summed E-state index contributed by atoms with van der Waals surface area (Å²) in [4.78, 5) is 14.3. The van der Waals surface area contributed by atoms with Gasteiger partial charge in [-0.25, -0.2) is 0 Å². The number of benzene rings is 2. The number of carbonyl (C=O) groups is 1. The molecule has 1 fully saturated rings. The molecule has 2 atom stereocenters. The van der Waals surface area contributed by atoms with E-state index >= 15 is 0 Å². The Morgan fingerprint density at radius 2 is 1.84 bits per heavy atom. The number of rotatable bonds is 6. The van der Waals surface area contributed by atoms with Crippen molar-refractivity contribution in [3.8, 4) is 0 Å². The molecule has 3 rings (SSSR count). The van der Waals surface area contributed by atoms with Crippen LogP contribution in [-0.4, -0.2) is 37.0 Å². The van der Waals surface area contributed by atoms with Gasteiger partial charge in [-0.3, -0.25) is 9.69 Å². The van der Waals surface area contributed by atoms with Crippen molar-refractivity contribution in [2.75, 3.05) is 20.1 Å². The number of amides is 1. The van der Waals surface area contributed by atoms with Gasteiger partial charge in [-0.05, 0) is 29.2 Å². The van der Waals surface area contributed by atoms with Gasteiger partial charge in [0.25, 0.3) is 5.91 Å². The molecule has 4 heteroatoms. The van der Waals surface area contributed by atoms with Crippen LogP contribution < -0.4 is 10.6 Å². The predicted octanol–water partition coefficient (Wildman–Crippen LogP) is 2.66. The Kier molecular flexibility index (Phi) is 5.84. The first-order valence-electron chi connectivity index (χ1n) is 8.96. The van der Waals surface area contributed by atoms with E-state index in [1.165, 1.54) is 5.56 Å². The lowest BCUT2D eigenvalue weighted by atomic mass is 10.1. The average Bonchev–Trinajstić information content (AvgIpc) is 2.99. The molecule has 1 heterocycles. The number of likely N-dealkylation sites (tertiary alicyclic amines) is 1. The molecule has 0 spiro atoms. The summed E-state index contributed by atoms with van der Waals surface area (Å²) in [5.74, 6) is 0.580. The second-order valence-electron chi connectivity index (χ2n) is 6.92. The Labute approximate surface area is 150 Å². The van der Waals surface area contributed by atoms with Gasteiger partial charge >= 0.3 is 0 Å². The third-order valence-electron chi connectivity index (χ3n) is 4.92. The molecule has 2 N–H and O–H groups in total. The van der Waals surface area contributed by atoms with Gasteiger partial charge in [0, 0.05) is 44.8 Å². The largest absolute Gasteiger partial charge is 0.355 e. The van der Waals surface area contributed by atoms with Gasteiger partial charge in [0.05, 0.1) is 0 Å². The molecule has 1 amide bonds. The summed E-state index contributed by atoms with van der Waals surface area (Å²) < 4.78 is 0. The highest BCUT2D eigenvalue weighted by Gasteiger charge is 2.28. The molecule has 2 aromatic rings. The molecule has 0 saturated carbocycles. The van der Waals surface area contributed by atoms with Crippen molar-refractivity contribution in [3.05, 3.63) is 71.3 Å². The van der Waals surface area contributed by atoms with Gasteiger partial charge in [0.1, 0.15) is 0 Å². The van der Waals surface area contributed by atoms with Crippen molar-refractivity contribution >= 4 is 5.91 Å². The summed E-state index contributed by atoms with van der Waals surface area (Å²) in [6, 6.07) is 19.0. The van der Waals surface area contributed by atoms with Crippen LogP contribution in [0.2, 0.25) is 0 Å².